The molecular weight excluding hydrogens is 408 g/mol. The van der Waals surface area contributed by atoms with Gasteiger partial charge in [-0.25, -0.2) is 5.48 Å². The Morgan fingerprint density at radius 2 is 1.84 bits per heavy atom. The molecule has 2 atom stereocenters. The van der Waals surface area contributed by atoms with Gasteiger partial charge in [0.25, 0.3) is 0 Å². The molecule has 0 radical (unpaired) electrons. The van der Waals surface area contributed by atoms with Crippen molar-refractivity contribution in [3.05, 3.63) is 35.9 Å². The van der Waals surface area contributed by atoms with Crippen molar-refractivity contribution < 1.29 is 24.3 Å². The summed E-state index contributed by atoms with van der Waals surface area (Å²) < 4.78 is 10.8. The molecule has 1 aromatic rings. The molecule has 0 aromatic heterocycles. The normalized spacial score (nSPS) is 20.3. The number of aryl methyl sites for hydroxylation is 1. The second-order valence-corrected chi connectivity index (χ2v) is 8.93. The molecule has 7 nitrogen and oxygen atoms in total. The van der Waals surface area contributed by atoms with E-state index in [4.69, 9.17) is 9.47 Å². The van der Waals surface area contributed by atoms with Gasteiger partial charge in [0, 0.05) is 18.4 Å². The molecule has 1 aliphatic rings. The van der Waals surface area contributed by atoms with E-state index in [-0.39, 0.29) is 31.3 Å². The third-order valence-electron chi connectivity index (χ3n) is 6.33. The lowest BCUT2D eigenvalue weighted by molar-refractivity contribution is -0.135. The summed E-state index contributed by atoms with van der Waals surface area (Å²) in [6.45, 7) is 5.08. The second kappa shape index (κ2) is 15.0. The zero-order chi connectivity index (χ0) is 23.2. The highest BCUT2D eigenvalue weighted by molar-refractivity contribution is 5.79. The van der Waals surface area contributed by atoms with Gasteiger partial charge < -0.3 is 14.8 Å². The van der Waals surface area contributed by atoms with Crippen molar-refractivity contribution >= 4 is 11.8 Å². The SMILES string of the molecule is CCOCOC[C@H](C[C@H](CCCc1ccccc1)C(=O)NO)NC(=O)[C@H]1CC[C@H](C)CC1. The fourth-order valence-corrected chi connectivity index (χ4v) is 4.33. The number of carbonyl (C=O) groups is 2. The van der Waals surface area contributed by atoms with Crippen LogP contribution in [0.1, 0.15) is 64.4 Å². The summed E-state index contributed by atoms with van der Waals surface area (Å²) in [5, 5.41) is 12.4. The maximum Gasteiger partial charge on any atom is 0.246 e. The Hall–Kier alpha value is -1.96. The lowest BCUT2D eigenvalue weighted by Gasteiger charge is -2.29. The third-order valence-corrected chi connectivity index (χ3v) is 6.33. The van der Waals surface area contributed by atoms with Gasteiger partial charge in [-0.15, -0.1) is 0 Å². The number of amides is 2. The summed E-state index contributed by atoms with van der Waals surface area (Å²) >= 11 is 0. The van der Waals surface area contributed by atoms with Gasteiger partial charge in [-0.1, -0.05) is 37.3 Å². The molecule has 0 heterocycles. The van der Waals surface area contributed by atoms with Crippen LogP contribution in [0.5, 0.6) is 0 Å². The smallest absolute Gasteiger partial charge is 0.246 e. The zero-order valence-corrected chi connectivity index (χ0v) is 19.6. The molecule has 0 aliphatic heterocycles. The van der Waals surface area contributed by atoms with Crippen molar-refractivity contribution in [1.29, 1.82) is 0 Å². The predicted octanol–water partition coefficient (Wildman–Crippen LogP) is 3.84. The Morgan fingerprint density at radius 1 is 1.12 bits per heavy atom. The summed E-state index contributed by atoms with van der Waals surface area (Å²) in [5.41, 5.74) is 3.01. The van der Waals surface area contributed by atoms with Crippen LogP contribution in [-0.4, -0.2) is 43.1 Å². The van der Waals surface area contributed by atoms with Crippen LogP contribution >= 0.6 is 0 Å². The molecule has 7 heteroatoms. The quantitative estimate of drug-likeness (QED) is 0.174. The maximum atomic E-state index is 12.9. The lowest BCUT2D eigenvalue weighted by atomic mass is 9.82. The van der Waals surface area contributed by atoms with Crippen molar-refractivity contribution in [2.75, 3.05) is 20.0 Å². The minimum absolute atomic E-state index is 0.0174. The van der Waals surface area contributed by atoms with Crippen molar-refractivity contribution in [1.82, 2.24) is 10.8 Å². The van der Waals surface area contributed by atoms with Crippen molar-refractivity contribution in [2.45, 2.75) is 71.3 Å². The summed E-state index contributed by atoms with van der Waals surface area (Å²) in [5.74, 6) is -0.116. The summed E-state index contributed by atoms with van der Waals surface area (Å²) in [7, 11) is 0. The van der Waals surface area contributed by atoms with E-state index in [0.29, 0.717) is 25.4 Å². The average Bonchev–Trinajstić information content (AvgIpc) is 2.81. The first-order valence-electron chi connectivity index (χ1n) is 12.0. The largest absolute Gasteiger partial charge is 0.356 e. The first-order chi connectivity index (χ1) is 15.5. The van der Waals surface area contributed by atoms with Crippen LogP contribution in [0.2, 0.25) is 0 Å². The number of benzene rings is 1. The number of hydrogen-bond acceptors (Lipinski definition) is 5. The van der Waals surface area contributed by atoms with Crippen LogP contribution in [0.4, 0.5) is 0 Å². The van der Waals surface area contributed by atoms with Crippen LogP contribution in [0.15, 0.2) is 30.3 Å². The predicted molar refractivity (Wildman–Crippen MR) is 123 cm³/mol. The fraction of sp³-hybridized carbons (Fsp3) is 0.680. The Kier molecular flexibility index (Phi) is 12.3. The van der Waals surface area contributed by atoms with E-state index in [0.717, 1.165) is 38.5 Å². The van der Waals surface area contributed by atoms with E-state index in [1.54, 1.807) is 5.48 Å². The standard InChI is InChI=1S/C25H40N2O5/c1-3-31-18-32-17-23(26-24(28)21-14-12-19(2)13-15-21)16-22(25(29)27-30)11-7-10-20-8-5-4-6-9-20/h4-6,8-9,19,21-23,30H,3,7,10-18H2,1-2H3,(H,26,28)(H,27,29)/t19-,21-,22-,23-/m0/s1. The number of hydrogen-bond donors (Lipinski definition) is 3. The topological polar surface area (TPSA) is 96.9 Å². The second-order valence-electron chi connectivity index (χ2n) is 8.93. The van der Waals surface area contributed by atoms with Gasteiger partial charge in [0.05, 0.1) is 12.6 Å². The average molecular weight is 449 g/mol. The van der Waals surface area contributed by atoms with Gasteiger partial charge in [0.1, 0.15) is 6.79 Å². The monoisotopic (exact) mass is 448 g/mol. The number of rotatable bonds is 14. The maximum absolute atomic E-state index is 12.9. The summed E-state index contributed by atoms with van der Waals surface area (Å²) in [6.07, 6.45) is 6.62. The molecule has 0 unspecified atom stereocenters. The minimum atomic E-state index is -0.423. The fourth-order valence-electron chi connectivity index (χ4n) is 4.33. The van der Waals surface area contributed by atoms with Crippen molar-refractivity contribution in [2.24, 2.45) is 17.8 Å². The van der Waals surface area contributed by atoms with E-state index in [2.05, 4.69) is 24.4 Å². The highest BCUT2D eigenvalue weighted by Gasteiger charge is 2.28. The van der Waals surface area contributed by atoms with Gasteiger partial charge in [0.2, 0.25) is 11.8 Å². The minimum Gasteiger partial charge on any atom is -0.356 e. The Bertz CT molecular complexity index is 662. The molecule has 1 aromatic carbocycles. The van der Waals surface area contributed by atoms with Gasteiger partial charge in [-0.05, 0) is 69.8 Å². The molecule has 0 spiro atoms. The van der Waals surface area contributed by atoms with E-state index < -0.39 is 11.8 Å². The molecule has 1 fully saturated rings. The highest BCUT2D eigenvalue weighted by atomic mass is 16.7. The lowest BCUT2D eigenvalue weighted by Crippen LogP contribution is -2.45. The van der Waals surface area contributed by atoms with E-state index in [9.17, 15) is 14.8 Å². The Labute approximate surface area is 192 Å². The molecule has 0 saturated heterocycles. The molecule has 180 valence electrons. The van der Waals surface area contributed by atoms with Crippen LogP contribution in [0.25, 0.3) is 0 Å². The van der Waals surface area contributed by atoms with Crippen molar-refractivity contribution in [3.8, 4) is 0 Å². The first-order valence-corrected chi connectivity index (χ1v) is 12.0. The van der Waals surface area contributed by atoms with Crippen molar-refractivity contribution in [3.63, 3.8) is 0 Å². The van der Waals surface area contributed by atoms with Gasteiger partial charge in [0.15, 0.2) is 0 Å². The molecule has 0 bridgehead atoms. The van der Waals surface area contributed by atoms with Crippen LogP contribution in [0, 0.1) is 17.8 Å². The first kappa shape index (κ1) is 26.3. The van der Waals surface area contributed by atoms with Gasteiger partial charge >= 0.3 is 0 Å². The summed E-state index contributed by atoms with van der Waals surface area (Å²) in [6, 6.07) is 9.80. The van der Waals surface area contributed by atoms with Gasteiger partial charge in [-0.3, -0.25) is 14.8 Å². The van der Waals surface area contributed by atoms with E-state index in [1.165, 1.54) is 5.56 Å². The van der Waals surface area contributed by atoms with Gasteiger partial charge in [-0.2, -0.15) is 0 Å². The third kappa shape index (κ3) is 9.67. The molecule has 2 amide bonds. The van der Waals surface area contributed by atoms with E-state index >= 15 is 0 Å². The van der Waals surface area contributed by atoms with Crippen LogP contribution in [0.3, 0.4) is 0 Å². The molecule has 1 aliphatic carbocycles. The van der Waals surface area contributed by atoms with Crippen LogP contribution < -0.4 is 10.8 Å². The Morgan fingerprint density at radius 3 is 2.50 bits per heavy atom. The number of ether oxygens (including phenoxy) is 2. The highest BCUT2D eigenvalue weighted by Crippen LogP contribution is 2.28. The molecule has 32 heavy (non-hydrogen) atoms. The zero-order valence-electron chi connectivity index (χ0n) is 19.6. The molecular formula is C25H40N2O5. The summed E-state index contributed by atoms with van der Waals surface area (Å²) in [4.78, 5) is 25.2. The number of carbonyl (C=O) groups excluding carboxylic acids is 2. The number of hydroxylamine groups is 1. The number of nitrogens with one attached hydrogen (secondary N) is 2. The van der Waals surface area contributed by atoms with E-state index in [1.807, 2.05) is 25.1 Å². The molecule has 1 saturated carbocycles. The molecule has 3 N–H and O–H groups in total. The molecule has 2 rings (SSSR count). The Balaban J connectivity index is 1.94. The van der Waals surface area contributed by atoms with Crippen LogP contribution in [-0.2, 0) is 25.5 Å².